The molecule has 0 aromatic heterocycles. The molecule has 0 fully saturated rings. The quantitative estimate of drug-likeness (QED) is 0.304. The Kier molecular flexibility index (Phi) is 10.3. The molecule has 0 saturated heterocycles. The summed E-state index contributed by atoms with van der Waals surface area (Å²) in [4.78, 5) is 33.8. The lowest BCUT2D eigenvalue weighted by Gasteiger charge is -2.20. The van der Waals surface area contributed by atoms with E-state index in [1.807, 2.05) is 0 Å². The maximum absolute atomic E-state index is 13.3. The van der Waals surface area contributed by atoms with Crippen molar-refractivity contribution in [1.29, 1.82) is 0 Å². The molecule has 2 aromatic carbocycles. The molecule has 2 aromatic rings. The summed E-state index contributed by atoms with van der Waals surface area (Å²) in [5, 5.41) is 13.0. The average molecular weight is 550 g/mol. The molecule has 13 heteroatoms. The maximum Gasteiger partial charge on any atom is 0.412 e. The summed E-state index contributed by atoms with van der Waals surface area (Å²) in [6, 6.07) is 4.50. The standard InChI is InChI=1S/C12H13ClFNO4.C11H14ClFN2O2/c1-12(2,3)19-11(18)15-7-5-4-6(14)8(9(7)13)10(16)17;1-11(2,3)17-10(16)15-7-5-4-6(13)9(14)8(7)12/h4-5H,1-3H3,(H,15,18)(H,16,17);4-5H,14H2,1-3H3,(H,15,16). The van der Waals surface area contributed by atoms with E-state index in [4.69, 9.17) is 43.5 Å². The van der Waals surface area contributed by atoms with E-state index in [1.165, 1.54) is 6.07 Å². The number of hydrogen-bond donors (Lipinski definition) is 4. The van der Waals surface area contributed by atoms with Crippen LogP contribution in [0.2, 0.25) is 10.0 Å². The number of benzene rings is 2. The average Bonchev–Trinajstić information content (AvgIpc) is 2.68. The zero-order chi connectivity index (χ0) is 28.0. The number of ether oxygens (including phenoxy) is 2. The van der Waals surface area contributed by atoms with Crippen LogP contribution in [0.25, 0.3) is 0 Å². The summed E-state index contributed by atoms with van der Waals surface area (Å²) in [6.45, 7) is 10.2. The number of aromatic carboxylic acids is 1. The third-order valence-electron chi connectivity index (χ3n) is 3.70. The topological polar surface area (TPSA) is 140 Å². The fraction of sp³-hybridized carbons (Fsp3) is 0.348. The van der Waals surface area contributed by atoms with Gasteiger partial charge in [0.25, 0.3) is 0 Å². The highest BCUT2D eigenvalue weighted by Crippen LogP contribution is 2.31. The lowest BCUT2D eigenvalue weighted by Crippen LogP contribution is -2.27. The van der Waals surface area contributed by atoms with Crippen molar-refractivity contribution >= 4 is 58.4 Å². The fourth-order valence-electron chi connectivity index (χ4n) is 2.34. The van der Waals surface area contributed by atoms with Crippen LogP contribution in [0.1, 0.15) is 51.9 Å². The highest BCUT2D eigenvalue weighted by Gasteiger charge is 2.22. The van der Waals surface area contributed by atoms with Gasteiger partial charge in [0.2, 0.25) is 0 Å². The summed E-state index contributed by atoms with van der Waals surface area (Å²) >= 11 is 11.5. The van der Waals surface area contributed by atoms with Crippen molar-refractivity contribution < 1.29 is 37.7 Å². The van der Waals surface area contributed by atoms with Crippen LogP contribution in [0.5, 0.6) is 0 Å². The Morgan fingerprint density at radius 2 is 1.19 bits per heavy atom. The van der Waals surface area contributed by atoms with Gasteiger partial charge in [-0.05, 0) is 65.8 Å². The van der Waals surface area contributed by atoms with Gasteiger partial charge in [0.15, 0.2) is 0 Å². The van der Waals surface area contributed by atoms with E-state index in [9.17, 15) is 23.2 Å². The number of nitrogen functional groups attached to an aromatic ring is 1. The Morgan fingerprint density at radius 3 is 1.58 bits per heavy atom. The first-order valence-corrected chi connectivity index (χ1v) is 11.0. The number of carboxylic acid groups (broad SMARTS) is 1. The van der Waals surface area contributed by atoms with Gasteiger partial charge in [0.1, 0.15) is 28.4 Å². The Morgan fingerprint density at radius 1 is 0.806 bits per heavy atom. The van der Waals surface area contributed by atoms with Gasteiger partial charge in [-0.3, -0.25) is 10.6 Å². The van der Waals surface area contributed by atoms with Crippen molar-refractivity contribution in [3.8, 4) is 0 Å². The summed E-state index contributed by atoms with van der Waals surface area (Å²) in [5.74, 6) is -3.13. The molecule has 0 radical (unpaired) electrons. The van der Waals surface area contributed by atoms with Crippen LogP contribution in [-0.4, -0.2) is 34.5 Å². The van der Waals surface area contributed by atoms with Crippen molar-refractivity contribution in [2.24, 2.45) is 0 Å². The van der Waals surface area contributed by atoms with E-state index >= 15 is 0 Å². The molecule has 0 atom stereocenters. The predicted molar refractivity (Wildman–Crippen MR) is 134 cm³/mol. The number of anilines is 3. The summed E-state index contributed by atoms with van der Waals surface area (Å²) < 4.78 is 36.3. The monoisotopic (exact) mass is 549 g/mol. The van der Waals surface area contributed by atoms with Gasteiger partial charge in [0.05, 0.1) is 27.1 Å². The Balaban J connectivity index is 0.000000362. The normalized spacial score (nSPS) is 11.1. The third kappa shape index (κ3) is 9.74. The zero-order valence-corrected chi connectivity index (χ0v) is 21.9. The minimum atomic E-state index is -1.52. The predicted octanol–water partition coefficient (Wildman–Crippen LogP) is 6.93. The number of carbonyl (C=O) groups is 3. The van der Waals surface area contributed by atoms with Crippen LogP contribution in [-0.2, 0) is 9.47 Å². The number of nitrogens with one attached hydrogen (secondary N) is 2. The lowest BCUT2D eigenvalue weighted by atomic mass is 10.2. The molecule has 198 valence electrons. The molecule has 0 aliphatic heterocycles. The summed E-state index contributed by atoms with van der Waals surface area (Å²) in [6.07, 6.45) is -1.48. The molecular formula is C23H27Cl2F2N3O6. The van der Waals surface area contributed by atoms with Gasteiger partial charge < -0.3 is 20.3 Å². The first kappa shape index (κ1) is 30.7. The second-order valence-corrected chi connectivity index (χ2v) is 9.92. The van der Waals surface area contributed by atoms with Gasteiger partial charge >= 0.3 is 18.2 Å². The Bertz CT molecular complexity index is 1150. The molecule has 2 rings (SSSR count). The van der Waals surface area contributed by atoms with E-state index in [0.29, 0.717) is 0 Å². The maximum atomic E-state index is 13.3. The fourth-order valence-corrected chi connectivity index (χ4v) is 2.82. The third-order valence-corrected chi connectivity index (χ3v) is 4.50. The number of hydrogen-bond acceptors (Lipinski definition) is 6. The molecule has 0 saturated carbocycles. The van der Waals surface area contributed by atoms with Gasteiger partial charge in [-0.2, -0.15) is 0 Å². The Hall–Kier alpha value is -3.31. The van der Waals surface area contributed by atoms with Crippen molar-refractivity contribution in [2.75, 3.05) is 16.4 Å². The van der Waals surface area contributed by atoms with E-state index in [2.05, 4.69) is 10.6 Å². The van der Waals surface area contributed by atoms with Crippen LogP contribution in [0.15, 0.2) is 24.3 Å². The van der Waals surface area contributed by atoms with Crippen molar-refractivity contribution in [3.05, 3.63) is 51.5 Å². The minimum absolute atomic E-state index is 0.0327. The number of carboxylic acids is 1. The SMILES string of the molecule is CC(C)(C)OC(=O)Nc1ccc(F)c(C(=O)O)c1Cl.CC(C)(C)OC(=O)Nc1ccc(F)c(N)c1Cl. The number of rotatable bonds is 3. The van der Waals surface area contributed by atoms with Crippen LogP contribution >= 0.6 is 23.2 Å². The number of amides is 2. The molecule has 0 aliphatic rings. The number of carbonyl (C=O) groups excluding carboxylic acids is 2. The molecule has 0 spiro atoms. The first-order chi connectivity index (χ1) is 16.3. The second-order valence-electron chi connectivity index (χ2n) is 9.17. The van der Waals surface area contributed by atoms with Crippen LogP contribution in [0.4, 0.5) is 35.4 Å². The van der Waals surface area contributed by atoms with E-state index in [1.54, 1.807) is 41.5 Å². The number of nitrogens with two attached hydrogens (primary N) is 1. The molecule has 0 unspecified atom stereocenters. The van der Waals surface area contributed by atoms with Gasteiger partial charge in [0, 0.05) is 0 Å². The van der Waals surface area contributed by atoms with E-state index < -0.39 is 51.6 Å². The van der Waals surface area contributed by atoms with E-state index in [0.717, 1.165) is 18.2 Å². The molecule has 0 heterocycles. The smallest absolute Gasteiger partial charge is 0.412 e. The van der Waals surface area contributed by atoms with Gasteiger partial charge in [-0.1, -0.05) is 23.2 Å². The van der Waals surface area contributed by atoms with Crippen molar-refractivity contribution in [2.45, 2.75) is 52.7 Å². The molecule has 9 nitrogen and oxygen atoms in total. The van der Waals surface area contributed by atoms with Crippen molar-refractivity contribution in [1.82, 2.24) is 0 Å². The molecule has 5 N–H and O–H groups in total. The highest BCUT2D eigenvalue weighted by atomic mass is 35.5. The van der Waals surface area contributed by atoms with Crippen LogP contribution in [0.3, 0.4) is 0 Å². The lowest BCUT2D eigenvalue weighted by molar-refractivity contribution is 0.0624. The zero-order valence-electron chi connectivity index (χ0n) is 20.4. The molecule has 2 amide bonds. The van der Waals surface area contributed by atoms with Gasteiger partial charge in [-0.25, -0.2) is 23.2 Å². The number of halogens is 4. The minimum Gasteiger partial charge on any atom is -0.478 e. The molecule has 36 heavy (non-hydrogen) atoms. The molecule has 0 bridgehead atoms. The molecule has 0 aliphatic carbocycles. The van der Waals surface area contributed by atoms with Gasteiger partial charge in [-0.15, -0.1) is 0 Å². The summed E-state index contributed by atoms with van der Waals surface area (Å²) in [5.41, 5.74) is 3.32. The Labute approximate surface area is 216 Å². The van der Waals surface area contributed by atoms with Crippen molar-refractivity contribution in [3.63, 3.8) is 0 Å². The summed E-state index contributed by atoms with van der Waals surface area (Å²) in [7, 11) is 0. The first-order valence-electron chi connectivity index (χ1n) is 10.3. The van der Waals surface area contributed by atoms with Crippen LogP contribution < -0.4 is 16.4 Å². The molecular weight excluding hydrogens is 523 g/mol. The van der Waals surface area contributed by atoms with E-state index in [-0.39, 0.29) is 22.1 Å². The largest absolute Gasteiger partial charge is 0.478 e. The second kappa shape index (κ2) is 12.1. The van der Waals surface area contributed by atoms with Crippen LogP contribution in [0, 0.1) is 11.6 Å². The highest BCUT2D eigenvalue weighted by molar-refractivity contribution is 6.36.